The van der Waals surface area contributed by atoms with Crippen molar-refractivity contribution in [3.63, 3.8) is 0 Å². The Hall–Kier alpha value is -1.73. The smallest absolute Gasteiger partial charge is 0.311 e. The van der Waals surface area contributed by atoms with Crippen LogP contribution in [0.25, 0.3) is 0 Å². The third kappa shape index (κ3) is 3.36. The van der Waals surface area contributed by atoms with Crippen LogP contribution in [-0.2, 0) is 13.1 Å². The van der Waals surface area contributed by atoms with E-state index in [2.05, 4.69) is 10.4 Å². The molecule has 0 saturated heterocycles. The SMILES string of the molecule is O=[N+]([O-])c1cc(CNCCn2cccn2)cs1. The molecule has 0 unspecified atom stereocenters. The Morgan fingerprint density at radius 2 is 2.47 bits per heavy atom. The van der Waals surface area contributed by atoms with E-state index < -0.39 is 0 Å². The largest absolute Gasteiger partial charge is 0.324 e. The highest BCUT2D eigenvalue weighted by atomic mass is 32.1. The normalized spacial score (nSPS) is 10.6. The van der Waals surface area contributed by atoms with Crippen molar-refractivity contribution in [1.29, 1.82) is 0 Å². The molecule has 90 valence electrons. The highest BCUT2D eigenvalue weighted by molar-refractivity contribution is 7.13. The summed E-state index contributed by atoms with van der Waals surface area (Å²) >= 11 is 1.16. The average Bonchev–Trinajstić information content (AvgIpc) is 2.96. The fourth-order valence-corrected chi connectivity index (χ4v) is 2.14. The number of hydrogen-bond donors (Lipinski definition) is 1. The second kappa shape index (κ2) is 5.55. The van der Waals surface area contributed by atoms with Crippen LogP contribution in [0.15, 0.2) is 29.9 Å². The molecule has 2 aromatic rings. The highest BCUT2D eigenvalue weighted by Gasteiger charge is 2.08. The first-order valence-electron chi connectivity index (χ1n) is 5.15. The second-order valence-electron chi connectivity index (χ2n) is 3.50. The summed E-state index contributed by atoms with van der Waals surface area (Å²) in [4.78, 5) is 10.1. The van der Waals surface area contributed by atoms with E-state index in [9.17, 15) is 10.1 Å². The van der Waals surface area contributed by atoms with Crippen molar-refractivity contribution in [2.45, 2.75) is 13.1 Å². The Morgan fingerprint density at radius 1 is 1.59 bits per heavy atom. The maximum atomic E-state index is 10.5. The lowest BCUT2D eigenvalue weighted by atomic mass is 10.3. The van der Waals surface area contributed by atoms with Crippen molar-refractivity contribution in [2.24, 2.45) is 0 Å². The van der Waals surface area contributed by atoms with E-state index in [1.54, 1.807) is 17.6 Å². The maximum absolute atomic E-state index is 10.5. The fraction of sp³-hybridized carbons (Fsp3) is 0.300. The first-order chi connectivity index (χ1) is 8.25. The molecule has 6 nitrogen and oxygen atoms in total. The van der Waals surface area contributed by atoms with Gasteiger partial charge in [-0.2, -0.15) is 5.10 Å². The van der Waals surface area contributed by atoms with Gasteiger partial charge in [-0.1, -0.05) is 11.3 Å². The standard InChI is InChI=1S/C10H12N4O2S/c15-14(16)10-6-9(8-17-10)7-11-3-5-13-4-1-2-12-13/h1-2,4,6,8,11H,3,5,7H2. The molecular formula is C10H12N4O2S. The van der Waals surface area contributed by atoms with Crippen LogP contribution in [0.5, 0.6) is 0 Å². The molecular weight excluding hydrogens is 240 g/mol. The monoisotopic (exact) mass is 252 g/mol. The predicted octanol–water partition coefficient (Wildman–Crippen LogP) is 1.64. The molecule has 0 fully saturated rings. The van der Waals surface area contributed by atoms with Gasteiger partial charge in [0.2, 0.25) is 0 Å². The van der Waals surface area contributed by atoms with Gasteiger partial charge in [-0.15, -0.1) is 0 Å². The Morgan fingerprint density at radius 3 is 3.12 bits per heavy atom. The first kappa shape index (κ1) is 11.7. The van der Waals surface area contributed by atoms with Crippen molar-refractivity contribution in [3.05, 3.63) is 45.6 Å². The number of rotatable bonds is 6. The molecule has 0 aromatic carbocycles. The molecule has 2 aromatic heterocycles. The van der Waals surface area contributed by atoms with Gasteiger partial charge in [0.1, 0.15) is 0 Å². The third-order valence-corrected chi connectivity index (χ3v) is 3.15. The zero-order valence-electron chi connectivity index (χ0n) is 9.07. The fourth-order valence-electron chi connectivity index (χ4n) is 1.41. The zero-order valence-corrected chi connectivity index (χ0v) is 9.89. The number of nitro groups is 1. The second-order valence-corrected chi connectivity index (χ2v) is 4.39. The minimum Gasteiger partial charge on any atom is -0.311 e. The zero-order chi connectivity index (χ0) is 12.1. The molecule has 7 heteroatoms. The molecule has 0 aliphatic carbocycles. The van der Waals surface area contributed by atoms with Crippen LogP contribution in [0.4, 0.5) is 5.00 Å². The minimum absolute atomic E-state index is 0.189. The van der Waals surface area contributed by atoms with Crippen molar-refractivity contribution < 1.29 is 4.92 Å². The summed E-state index contributed by atoms with van der Waals surface area (Å²) in [6, 6.07) is 3.48. The number of thiophene rings is 1. The van der Waals surface area contributed by atoms with Gasteiger partial charge < -0.3 is 5.32 Å². The molecule has 2 heterocycles. The lowest BCUT2D eigenvalue weighted by Gasteiger charge is -2.02. The summed E-state index contributed by atoms with van der Waals surface area (Å²) in [7, 11) is 0. The van der Waals surface area contributed by atoms with Crippen LogP contribution in [0.2, 0.25) is 0 Å². The summed E-state index contributed by atoms with van der Waals surface area (Å²) in [5, 5.41) is 19.8. The van der Waals surface area contributed by atoms with Gasteiger partial charge in [0.15, 0.2) is 0 Å². The number of nitrogens with one attached hydrogen (secondary N) is 1. The van der Waals surface area contributed by atoms with E-state index in [-0.39, 0.29) is 9.92 Å². The Balaban J connectivity index is 1.72. The molecule has 0 radical (unpaired) electrons. The van der Waals surface area contributed by atoms with Gasteiger partial charge in [0.25, 0.3) is 0 Å². The van der Waals surface area contributed by atoms with E-state index in [1.165, 1.54) is 0 Å². The van der Waals surface area contributed by atoms with Crippen LogP contribution in [0, 0.1) is 10.1 Å². The minimum atomic E-state index is -0.363. The van der Waals surface area contributed by atoms with E-state index in [0.717, 1.165) is 30.0 Å². The summed E-state index contributed by atoms with van der Waals surface area (Å²) in [5.41, 5.74) is 0.946. The molecule has 0 aliphatic rings. The molecule has 0 saturated carbocycles. The topological polar surface area (TPSA) is 73.0 Å². The molecule has 0 amide bonds. The van der Waals surface area contributed by atoms with Gasteiger partial charge in [-0.25, -0.2) is 0 Å². The number of aromatic nitrogens is 2. The van der Waals surface area contributed by atoms with E-state index >= 15 is 0 Å². The molecule has 0 atom stereocenters. The first-order valence-corrected chi connectivity index (χ1v) is 6.03. The quantitative estimate of drug-likeness (QED) is 0.482. The Labute approximate surface area is 102 Å². The number of nitrogens with zero attached hydrogens (tertiary/aromatic N) is 3. The molecule has 2 rings (SSSR count). The van der Waals surface area contributed by atoms with Gasteiger partial charge >= 0.3 is 5.00 Å². The van der Waals surface area contributed by atoms with Crippen molar-refractivity contribution in [3.8, 4) is 0 Å². The van der Waals surface area contributed by atoms with E-state index in [4.69, 9.17) is 0 Å². The van der Waals surface area contributed by atoms with Gasteiger partial charge in [-0.05, 0) is 11.6 Å². The predicted molar refractivity (Wildman–Crippen MR) is 64.9 cm³/mol. The highest BCUT2D eigenvalue weighted by Crippen LogP contribution is 2.22. The van der Waals surface area contributed by atoms with Crippen molar-refractivity contribution >= 4 is 16.3 Å². The lowest BCUT2D eigenvalue weighted by Crippen LogP contribution is -2.19. The summed E-state index contributed by atoms with van der Waals surface area (Å²) < 4.78 is 1.84. The van der Waals surface area contributed by atoms with Gasteiger partial charge in [0, 0.05) is 36.9 Å². The molecule has 0 spiro atoms. The third-order valence-electron chi connectivity index (χ3n) is 2.23. The summed E-state index contributed by atoms with van der Waals surface area (Å²) in [6.45, 7) is 2.22. The van der Waals surface area contributed by atoms with Crippen LogP contribution in [-0.4, -0.2) is 21.2 Å². The number of hydrogen-bond acceptors (Lipinski definition) is 5. The van der Waals surface area contributed by atoms with E-state index in [1.807, 2.05) is 16.9 Å². The molecule has 17 heavy (non-hydrogen) atoms. The van der Waals surface area contributed by atoms with Crippen molar-refractivity contribution in [1.82, 2.24) is 15.1 Å². The van der Waals surface area contributed by atoms with Gasteiger partial charge in [-0.3, -0.25) is 14.8 Å². The lowest BCUT2D eigenvalue weighted by molar-refractivity contribution is -0.380. The Bertz CT molecular complexity index is 480. The van der Waals surface area contributed by atoms with Crippen LogP contribution in [0.1, 0.15) is 5.56 Å². The van der Waals surface area contributed by atoms with Gasteiger partial charge in [0.05, 0.1) is 11.5 Å². The van der Waals surface area contributed by atoms with Crippen LogP contribution >= 0.6 is 11.3 Å². The maximum Gasteiger partial charge on any atom is 0.324 e. The molecule has 1 N–H and O–H groups in total. The molecule has 0 aliphatic heterocycles. The van der Waals surface area contributed by atoms with Crippen molar-refractivity contribution in [2.75, 3.05) is 6.54 Å². The van der Waals surface area contributed by atoms with Crippen LogP contribution in [0.3, 0.4) is 0 Å². The summed E-state index contributed by atoms with van der Waals surface area (Å²) in [6.07, 6.45) is 3.64. The Kier molecular flexibility index (Phi) is 3.84. The summed E-state index contributed by atoms with van der Waals surface area (Å²) in [5.74, 6) is 0. The molecule has 0 bridgehead atoms. The average molecular weight is 252 g/mol. The van der Waals surface area contributed by atoms with E-state index in [0.29, 0.717) is 6.54 Å². The van der Waals surface area contributed by atoms with Crippen LogP contribution < -0.4 is 5.32 Å².